The number of nitrogens with zero attached hydrogens (tertiary/aromatic N) is 4. The van der Waals surface area contributed by atoms with E-state index in [9.17, 15) is 14.7 Å². The molecule has 0 atom stereocenters. The third-order valence-corrected chi connectivity index (χ3v) is 5.64. The SMILES string of the molecule is CCn1c(=O)n(CCCO)c(=O)c2c1nc(Oc1cccc(C)c1)n2Cc1ccc(Cl)cc1. The highest BCUT2D eigenvalue weighted by Gasteiger charge is 2.22. The minimum absolute atomic E-state index is 0.115. The number of ether oxygens (including phenoxy) is 1. The van der Waals surface area contributed by atoms with Crippen LogP contribution in [0, 0.1) is 6.92 Å². The molecule has 0 amide bonds. The Morgan fingerprint density at radius 2 is 1.82 bits per heavy atom. The summed E-state index contributed by atoms with van der Waals surface area (Å²) in [4.78, 5) is 31.0. The van der Waals surface area contributed by atoms with E-state index in [-0.39, 0.29) is 30.3 Å². The van der Waals surface area contributed by atoms with Crippen LogP contribution in [0.2, 0.25) is 5.02 Å². The van der Waals surface area contributed by atoms with Gasteiger partial charge in [0.15, 0.2) is 11.2 Å². The smallest absolute Gasteiger partial charge is 0.332 e. The maximum absolute atomic E-state index is 13.4. The molecule has 1 N–H and O–H groups in total. The van der Waals surface area contributed by atoms with Crippen molar-refractivity contribution in [3.63, 3.8) is 0 Å². The first-order valence-electron chi connectivity index (χ1n) is 10.8. The number of fused-ring (bicyclic) bond motifs is 1. The molecule has 0 bridgehead atoms. The fourth-order valence-electron chi connectivity index (χ4n) is 3.76. The van der Waals surface area contributed by atoms with Crippen LogP contribution in [0.1, 0.15) is 24.5 Å². The van der Waals surface area contributed by atoms with Crippen LogP contribution < -0.4 is 16.0 Å². The molecule has 0 aliphatic heterocycles. The average Bonchev–Trinajstić information content (AvgIpc) is 3.13. The third kappa shape index (κ3) is 4.58. The summed E-state index contributed by atoms with van der Waals surface area (Å²) in [5.41, 5.74) is 1.53. The zero-order valence-electron chi connectivity index (χ0n) is 18.5. The third-order valence-electron chi connectivity index (χ3n) is 5.39. The van der Waals surface area contributed by atoms with Gasteiger partial charge in [-0.25, -0.2) is 4.79 Å². The second-order valence-electron chi connectivity index (χ2n) is 7.76. The zero-order chi connectivity index (χ0) is 23.5. The molecule has 0 saturated carbocycles. The molecule has 172 valence electrons. The lowest BCUT2D eigenvalue weighted by molar-refractivity contribution is 0.277. The topological polar surface area (TPSA) is 91.3 Å². The van der Waals surface area contributed by atoms with Crippen molar-refractivity contribution in [2.75, 3.05) is 6.61 Å². The summed E-state index contributed by atoms with van der Waals surface area (Å²) in [6.07, 6.45) is 0.294. The minimum atomic E-state index is -0.464. The largest absolute Gasteiger partial charge is 0.425 e. The predicted molar refractivity (Wildman–Crippen MR) is 127 cm³/mol. The van der Waals surface area contributed by atoms with Gasteiger partial charge >= 0.3 is 11.7 Å². The van der Waals surface area contributed by atoms with Crippen LogP contribution in [-0.2, 0) is 19.6 Å². The quantitative estimate of drug-likeness (QED) is 0.427. The fraction of sp³-hybridized carbons (Fsp3) is 0.292. The molecule has 0 aliphatic carbocycles. The molecule has 2 heterocycles. The van der Waals surface area contributed by atoms with E-state index >= 15 is 0 Å². The molecule has 0 fully saturated rings. The number of aromatic nitrogens is 4. The van der Waals surface area contributed by atoms with Gasteiger partial charge in [0.25, 0.3) is 5.56 Å². The van der Waals surface area contributed by atoms with Crippen LogP contribution in [-0.4, -0.2) is 30.4 Å². The summed E-state index contributed by atoms with van der Waals surface area (Å²) in [6.45, 7) is 4.40. The highest BCUT2D eigenvalue weighted by Crippen LogP contribution is 2.26. The Labute approximate surface area is 195 Å². The van der Waals surface area contributed by atoms with Crippen molar-refractivity contribution in [2.24, 2.45) is 0 Å². The Kier molecular flexibility index (Phi) is 6.67. The van der Waals surface area contributed by atoms with Crippen LogP contribution in [0.15, 0.2) is 58.1 Å². The molecule has 0 aliphatic rings. The van der Waals surface area contributed by atoms with Gasteiger partial charge in [-0.15, -0.1) is 0 Å². The van der Waals surface area contributed by atoms with Crippen molar-refractivity contribution < 1.29 is 9.84 Å². The van der Waals surface area contributed by atoms with E-state index in [0.29, 0.717) is 30.3 Å². The first kappa shape index (κ1) is 22.8. The minimum Gasteiger partial charge on any atom is -0.425 e. The first-order valence-corrected chi connectivity index (χ1v) is 11.1. The number of imidazole rings is 1. The van der Waals surface area contributed by atoms with Crippen LogP contribution in [0.4, 0.5) is 0 Å². The van der Waals surface area contributed by atoms with Gasteiger partial charge in [-0.05, 0) is 55.7 Å². The molecule has 0 radical (unpaired) electrons. The van der Waals surface area contributed by atoms with Gasteiger partial charge in [0.2, 0.25) is 0 Å². The Hall–Kier alpha value is -3.36. The maximum Gasteiger partial charge on any atom is 0.332 e. The monoisotopic (exact) mass is 468 g/mol. The van der Waals surface area contributed by atoms with Crippen molar-refractivity contribution >= 4 is 22.8 Å². The number of hydrogen-bond donors (Lipinski definition) is 1. The summed E-state index contributed by atoms with van der Waals surface area (Å²) in [5.74, 6) is 0.577. The van der Waals surface area contributed by atoms with Gasteiger partial charge in [0, 0.05) is 24.7 Å². The van der Waals surface area contributed by atoms with E-state index in [0.717, 1.165) is 15.7 Å². The number of aryl methyl sites for hydroxylation is 2. The first-order chi connectivity index (χ1) is 15.9. The lowest BCUT2D eigenvalue weighted by Crippen LogP contribution is -2.40. The van der Waals surface area contributed by atoms with Crippen molar-refractivity contribution in [3.8, 4) is 11.8 Å². The average molecular weight is 469 g/mol. The normalized spacial score (nSPS) is 11.3. The number of aliphatic hydroxyl groups is 1. The summed E-state index contributed by atoms with van der Waals surface area (Å²) in [6, 6.07) is 15.0. The second-order valence-corrected chi connectivity index (χ2v) is 8.19. The predicted octanol–water partition coefficient (Wildman–Crippen LogP) is 3.56. The molecule has 4 rings (SSSR count). The lowest BCUT2D eigenvalue weighted by Gasteiger charge is -2.12. The van der Waals surface area contributed by atoms with Gasteiger partial charge < -0.3 is 9.84 Å². The molecule has 2 aromatic heterocycles. The van der Waals surface area contributed by atoms with Gasteiger partial charge in [0.1, 0.15) is 5.75 Å². The van der Waals surface area contributed by atoms with Crippen LogP contribution in [0.3, 0.4) is 0 Å². The molecule has 0 spiro atoms. The molecule has 0 unspecified atom stereocenters. The van der Waals surface area contributed by atoms with Crippen LogP contribution in [0.5, 0.6) is 11.8 Å². The van der Waals surface area contributed by atoms with Crippen molar-refractivity contribution in [2.45, 2.75) is 39.9 Å². The van der Waals surface area contributed by atoms with Crippen molar-refractivity contribution in [1.29, 1.82) is 0 Å². The van der Waals surface area contributed by atoms with E-state index in [1.807, 2.05) is 50.2 Å². The Balaban J connectivity index is 1.96. The van der Waals surface area contributed by atoms with Gasteiger partial charge in [-0.1, -0.05) is 35.9 Å². The number of hydrogen-bond acceptors (Lipinski definition) is 5. The van der Waals surface area contributed by atoms with E-state index in [2.05, 4.69) is 4.98 Å². The summed E-state index contributed by atoms with van der Waals surface area (Å²) >= 11 is 6.04. The van der Waals surface area contributed by atoms with Gasteiger partial charge in [0.05, 0.1) is 6.54 Å². The lowest BCUT2D eigenvalue weighted by atomic mass is 10.2. The summed E-state index contributed by atoms with van der Waals surface area (Å²) < 4.78 is 10.4. The molecule has 0 saturated heterocycles. The molecular formula is C24H25ClN4O4. The highest BCUT2D eigenvalue weighted by molar-refractivity contribution is 6.30. The van der Waals surface area contributed by atoms with E-state index < -0.39 is 11.2 Å². The van der Waals surface area contributed by atoms with Crippen molar-refractivity contribution in [3.05, 3.63) is 85.5 Å². The van der Waals surface area contributed by atoms with E-state index in [1.54, 1.807) is 16.7 Å². The van der Waals surface area contributed by atoms with Gasteiger partial charge in [-0.2, -0.15) is 4.98 Å². The van der Waals surface area contributed by atoms with E-state index in [1.165, 1.54) is 4.57 Å². The summed E-state index contributed by atoms with van der Waals surface area (Å²) in [5, 5.41) is 9.85. The van der Waals surface area contributed by atoms with Crippen LogP contribution in [0.25, 0.3) is 11.2 Å². The zero-order valence-corrected chi connectivity index (χ0v) is 19.2. The number of benzene rings is 2. The summed E-state index contributed by atoms with van der Waals surface area (Å²) in [7, 11) is 0. The molecule has 2 aromatic carbocycles. The molecule has 33 heavy (non-hydrogen) atoms. The molecule has 8 nitrogen and oxygen atoms in total. The maximum atomic E-state index is 13.4. The Morgan fingerprint density at radius 3 is 2.48 bits per heavy atom. The van der Waals surface area contributed by atoms with E-state index in [4.69, 9.17) is 16.3 Å². The molecule has 4 aromatic rings. The number of rotatable bonds is 8. The van der Waals surface area contributed by atoms with Gasteiger partial charge in [-0.3, -0.25) is 18.5 Å². The van der Waals surface area contributed by atoms with Crippen molar-refractivity contribution in [1.82, 2.24) is 18.7 Å². The highest BCUT2D eigenvalue weighted by atomic mass is 35.5. The number of halogens is 1. The fourth-order valence-corrected chi connectivity index (χ4v) is 3.89. The Morgan fingerprint density at radius 1 is 1.06 bits per heavy atom. The number of aliphatic hydroxyl groups excluding tert-OH is 1. The standard InChI is InChI=1S/C24H25ClN4O4/c1-3-27-21-20(22(31)28(24(27)32)12-5-13-30)29(15-17-8-10-18(25)11-9-17)23(26-21)33-19-7-4-6-16(2)14-19/h4,6-11,14,30H,3,5,12-13,15H2,1-2H3. The molecule has 9 heteroatoms. The Bertz CT molecular complexity index is 1400. The molecular weight excluding hydrogens is 444 g/mol. The van der Waals surface area contributed by atoms with Crippen LogP contribution >= 0.6 is 11.6 Å². The second kappa shape index (κ2) is 9.64.